The van der Waals surface area contributed by atoms with Crippen molar-refractivity contribution < 1.29 is 0 Å². The van der Waals surface area contributed by atoms with Crippen molar-refractivity contribution in [2.75, 3.05) is 37.8 Å². The van der Waals surface area contributed by atoms with Crippen molar-refractivity contribution in [2.24, 2.45) is 0 Å². The summed E-state index contributed by atoms with van der Waals surface area (Å²) in [5.41, 5.74) is 3.07. The summed E-state index contributed by atoms with van der Waals surface area (Å²) in [6.45, 7) is 2.54. The fourth-order valence-electron chi connectivity index (χ4n) is 2.68. The summed E-state index contributed by atoms with van der Waals surface area (Å²) in [5, 5.41) is 6.75. The molecule has 0 atom stereocenters. The molecule has 0 aliphatic heterocycles. The van der Waals surface area contributed by atoms with Gasteiger partial charge in [-0.15, -0.1) is 0 Å². The zero-order valence-corrected chi connectivity index (χ0v) is 17.8. The average Bonchev–Trinajstić information content (AvgIpc) is 2.71. The Hall–Kier alpha value is -2.51. The molecule has 2 heterocycles. The molecule has 0 fully saturated rings. The summed E-state index contributed by atoms with van der Waals surface area (Å²) in [7, 11) is 4.15. The molecule has 0 bridgehead atoms. The van der Waals surface area contributed by atoms with Gasteiger partial charge in [-0.25, -0.2) is 4.98 Å². The van der Waals surface area contributed by atoms with Gasteiger partial charge in [-0.3, -0.25) is 4.98 Å². The summed E-state index contributed by atoms with van der Waals surface area (Å²) in [6.07, 6.45) is 4.57. The molecule has 0 aliphatic carbocycles. The fraction of sp³-hybridized carbons (Fsp3) is 0.286. The van der Waals surface area contributed by atoms with E-state index in [4.69, 9.17) is 0 Å². The molecule has 3 rings (SSSR count). The minimum Gasteiger partial charge on any atom is -0.366 e. The number of benzene rings is 1. The standard InChI is InChI=1S/C21H25BrN6/c1-28(2)13-3-10-24-21-26-19(17-8-11-23-12-9-17)14-20(27-21)25-15-16-4-6-18(22)7-5-16/h4-9,11-12,14H,3,10,13,15H2,1-2H3,(H2,24,25,26,27). The topological polar surface area (TPSA) is 66.0 Å². The average molecular weight is 441 g/mol. The summed E-state index contributed by atoms with van der Waals surface area (Å²) in [5.74, 6) is 1.42. The molecule has 146 valence electrons. The van der Waals surface area contributed by atoms with Crippen LogP contribution in [0.4, 0.5) is 11.8 Å². The maximum Gasteiger partial charge on any atom is 0.225 e. The summed E-state index contributed by atoms with van der Waals surface area (Å²) < 4.78 is 1.07. The number of aromatic nitrogens is 3. The van der Waals surface area contributed by atoms with Gasteiger partial charge >= 0.3 is 0 Å². The van der Waals surface area contributed by atoms with Crippen LogP contribution < -0.4 is 10.6 Å². The molecule has 3 aromatic rings. The minimum atomic E-state index is 0.631. The molecule has 2 aromatic heterocycles. The van der Waals surface area contributed by atoms with Gasteiger partial charge < -0.3 is 15.5 Å². The molecule has 0 spiro atoms. The van der Waals surface area contributed by atoms with Crippen molar-refractivity contribution in [2.45, 2.75) is 13.0 Å². The number of rotatable bonds is 9. The third-order valence-corrected chi connectivity index (χ3v) is 4.68. The molecule has 0 unspecified atom stereocenters. The van der Waals surface area contributed by atoms with E-state index in [1.807, 2.05) is 30.3 Å². The highest BCUT2D eigenvalue weighted by Gasteiger charge is 2.07. The van der Waals surface area contributed by atoms with Crippen molar-refractivity contribution in [3.05, 3.63) is 64.9 Å². The van der Waals surface area contributed by atoms with Crippen LogP contribution in [0.25, 0.3) is 11.3 Å². The smallest absolute Gasteiger partial charge is 0.225 e. The third-order valence-electron chi connectivity index (χ3n) is 4.15. The largest absolute Gasteiger partial charge is 0.366 e. The molecule has 0 amide bonds. The molecular weight excluding hydrogens is 416 g/mol. The van der Waals surface area contributed by atoms with Gasteiger partial charge in [0.15, 0.2) is 0 Å². The van der Waals surface area contributed by atoms with Crippen LogP contribution in [0, 0.1) is 0 Å². The van der Waals surface area contributed by atoms with E-state index in [0.29, 0.717) is 12.5 Å². The molecule has 2 N–H and O–H groups in total. The van der Waals surface area contributed by atoms with Gasteiger partial charge in [-0.1, -0.05) is 28.1 Å². The maximum atomic E-state index is 4.68. The van der Waals surface area contributed by atoms with Crippen molar-refractivity contribution >= 4 is 27.7 Å². The van der Waals surface area contributed by atoms with E-state index in [9.17, 15) is 0 Å². The first-order valence-electron chi connectivity index (χ1n) is 9.26. The van der Waals surface area contributed by atoms with Gasteiger partial charge in [-0.2, -0.15) is 4.98 Å². The number of halogens is 1. The molecule has 0 saturated carbocycles. The number of nitrogens with zero attached hydrogens (tertiary/aromatic N) is 4. The van der Waals surface area contributed by atoms with Crippen molar-refractivity contribution in [1.29, 1.82) is 0 Å². The van der Waals surface area contributed by atoms with Crippen LogP contribution in [0.1, 0.15) is 12.0 Å². The molecular formula is C21H25BrN6. The van der Waals surface area contributed by atoms with Gasteiger partial charge in [0.05, 0.1) is 5.69 Å². The van der Waals surface area contributed by atoms with Crippen molar-refractivity contribution in [3.8, 4) is 11.3 Å². The zero-order chi connectivity index (χ0) is 19.8. The van der Waals surface area contributed by atoms with Gasteiger partial charge in [-0.05, 0) is 56.9 Å². The van der Waals surface area contributed by atoms with Crippen molar-refractivity contribution in [3.63, 3.8) is 0 Å². The Labute approximate surface area is 174 Å². The number of nitrogens with one attached hydrogen (secondary N) is 2. The van der Waals surface area contributed by atoms with E-state index in [1.54, 1.807) is 12.4 Å². The maximum absolute atomic E-state index is 4.68. The molecule has 28 heavy (non-hydrogen) atoms. The lowest BCUT2D eigenvalue weighted by Gasteiger charge is -2.13. The Morgan fingerprint density at radius 3 is 2.43 bits per heavy atom. The molecule has 1 aromatic carbocycles. The van der Waals surface area contributed by atoms with Gasteiger partial charge in [0.1, 0.15) is 5.82 Å². The molecule has 0 saturated heterocycles. The monoisotopic (exact) mass is 440 g/mol. The van der Waals surface area contributed by atoms with Gasteiger partial charge in [0.25, 0.3) is 0 Å². The second kappa shape index (κ2) is 10.1. The minimum absolute atomic E-state index is 0.631. The highest BCUT2D eigenvalue weighted by molar-refractivity contribution is 9.10. The SMILES string of the molecule is CN(C)CCCNc1nc(NCc2ccc(Br)cc2)cc(-c2ccncc2)n1. The Kier molecular flexibility index (Phi) is 7.33. The van der Waals surface area contributed by atoms with Crippen LogP contribution in [-0.4, -0.2) is 47.0 Å². The Bertz CT molecular complexity index is 868. The molecule has 7 heteroatoms. The van der Waals surface area contributed by atoms with Crippen LogP contribution in [0.3, 0.4) is 0 Å². The van der Waals surface area contributed by atoms with E-state index in [1.165, 1.54) is 5.56 Å². The first-order valence-corrected chi connectivity index (χ1v) is 10.1. The third kappa shape index (κ3) is 6.28. The summed E-state index contributed by atoms with van der Waals surface area (Å²) in [4.78, 5) is 15.6. The zero-order valence-electron chi connectivity index (χ0n) is 16.2. The second-order valence-corrected chi connectivity index (χ2v) is 7.68. The second-order valence-electron chi connectivity index (χ2n) is 6.76. The van der Waals surface area contributed by atoms with Crippen LogP contribution in [-0.2, 0) is 6.54 Å². The van der Waals surface area contributed by atoms with E-state index < -0.39 is 0 Å². The normalized spacial score (nSPS) is 10.9. The van der Waals surface area contributed by atoms with Crippen molar-refractivity contribution in [1.82, 2.24) is 19.9 Å². The van der Waals surface area contributed by atoms with E-state index >= 15 is 0 Å². The van der Waals surface area contributed by atoms with Crippen LogP contribution >= 0.6 is 15.9 Å². The number of pyridine rings is 1. The van der Waals surface area contributed by atoms with E-state index in [-0.39, 0.29) is 0 Å². The quantitative estimate of drug-likeness (QED) is 0.484. The fourth-order valence-corrected chi connectivity index (χ4v) is 2.94. The lowest BCUT2D eigenvalue weighted by Crippen LogP contribution is -2.17. The van der Waals surface area contributed by atoms with Crippen LogP contribution in [0.2, 0.25) is 0 Å². The Morgan fingerprint density at radius 2 is 1.71 bits per heavy atom. The Morgan fingerprint density at radius 1 is 0.964 bits per heavy atom. The molecule has 0 aliphatic rings. The van der Waals surface area contributed by atoms with Crippen LogP contribution in [0.5, 0.6) is 0 Å². The highest BCUT2D eigenvalue weighted by atomic mass is 79.9. The predicted octanol–water partition coefficient (Wildman–Crippen LogP) is 4.28. The van der Waals surface area contributed by atoms with Gasteiger partial charge in [0.2, 0.25) is 5.95 Å². The molecule has 6 nitrogen and oxygen atoms in total. The summed E-state index contributed by atoms with van der Waals surface area (Å²) in [6, 6.07) is 14.1. The van der Waals surface area contributed by atoms with E-state index in [2.05, 4.69) is 72.6 Å². The first-order chi connectivity index (χ1) is 13.6. The predicted molar refractivity (Wildman–Crippen MR) is 118 cm³/mol. The summed E-state index contributed by atoms with van der Waals surface area (Å²) >= 11 is 3.47. The number of anilines is 2. The highest BCUT2D eigenvalue weighted by Crippen LogP contribution is 2.21. The first kappa shape index (κ1) is 20.2. The number of hydrogen-bond acceptors (Lipinski definition) is 6. The molecule has 0 radical (unpaired) electrons. The lowest BCUT2D eigenvalue weighted by molar-refractivity contribution is 0.405. The number of hydrogen-bond donors (Lipinski definition) is 2. The lowest BCUT2D eigenvalue weighted by atomic mass is 10.2. The van der Waals surface area contributed by atoms with Crippen LogP contribution in [0.15, 0.2) is 59.3 Å². The Balaban J connectivity index is 1.75. The van der Waals surface area contributed by atoms with Gasteiger partial charge in [0, 0.05) is 41.6 Å². The van der Waals surface area contributed by atoms with E-state index in [0.717, 1.165) is 41.1 Å².